The van der Waals surface area contributed by atoms with Crippen LogP contribution in [0, 0.1) is 3.01 Å². The average molecular weight is 352 g/mol. The standard InChI is InChI=1S/C8H9IN4S2/c1-8(2,3)5-4(15-13-10-5)6-11-12-7(9)14-6/h1-3H3. The van der Waals surface area contributed by atoms with Crippen molar-refractivity contribution >= 4 is 45.5 Å². The molecule has 0 N–H and O–H groups in total. The van der Waals surface area contributed by atoms with Crippen LogP contribution in [0.15, 0.2) is 0 Å². The Morgan fingerprint density at radius 3 is 2.40 bits per heavy atom. The first kappa shape index (κ1) is 11.3. The fraction of sp³-hybridized carbons (Fsp3) is 0.500. The van der Waals surface area contributed by atoms with E-state index < -0.39 is 0 Å². The second-order valence-corrected chi connectivity index (χ2v) is 7.55. The zero-order valence-electron chi connectivity index (χ0n) is 8.48. The quantitative estimate of drug-likeness (QED) is 0.741. The molecule has 0 radical (unpaired) electrons. The van der Waals surface area contributed by atoms with Crippen LogP contribution in [0.4, 0.5) is 0 Å². The summed E-state index contributed by atoms with van der Waals surface area (Å²) in [5, 5.41) is 13.2. The molecule has 0 amide bonds. The van der Waals surface area contributed by atoms with Gasteiger partial charge in [-0.05, 0) is 34.1 Å². The van der Waals surface area contributed by atoms with E-state index in [1.54, 1.807) is 11.3 Å². The van der Waals surface area contributed by atoms with Crippen LogP contribution in [-0.2, 0) is 5.41 Å². The van der Waals surface area contributed by atoms with Crippen LogP contribution in [0.1, 0.15) is 26.5 Å². The van der Waals surface area contributed by atoms with Crippen LogP contribution in [0.5, 0.6) is 0 Å². The van der Waals surface area contributed by atoms with Gasteiger partial charge in [-0.25, -0.2) is 0 Å². The Morgan fingerprint density at radius 2 is 1.87 bits per heavy atom. The van der Waals surface area contributed by atoms with Crippen molar-refractivity contribution in [2.45, 2.75) is 26.2 Å². The summed E-state index contributed by atoms with van der Waals surface area (Å²) in [7, 11) is 0. The van der Waals surface area contributed by atoms with Gasteiger partial charge in [0.2, 0.25) is 0 Å². The lowest BCUT2D eigenvalue weighted by Gasteiger charge is -2.15. The van der Waals surface area contributed by atoms with E-state index in [9.17, 15) is 0 Å². The van der Waals surface area contributed by atoms with E-state index in [4.69, 9.17) is 0 Å². The first-order valence-corrected chi connectivity index (χ1v) is 6.97. The van der Waals surface area contributed by atoms with Crippen LogP contribution >= 0.6 is 45.5 Å². The van der Waals surface area contributed by atoms with E-state index in [2.05, 4.69) is 63.1 Å². The summed E-state index contributed by atoms with van der Waals surface area (Å²) in [5.74, 6) is 0. The van der Waals surface area contributed by atoms with Crippen LogP contribution in [0.3, 0.4) is 0 Å². The van der Waals surface area contributed by atoms with E-state index in [0.29, 0.717) is 0 Å². The predicted octanol–water partition coefficient (Wildman–Crippen LogP) is 2.96. The summed E-state index contributed by atoms with van der Waals surface area (Å²) < 4.78 is 4.94. The van der Waals surface area contributed by atoms with Gasteiger partial charge >= 0.3 is 0 Å². The van der Waals surface area contributed by atoms with Crippen LogP contribution < -0.4 is 0 Å². The van der Waals surface area contributed by atoms with Crippen molar-refractivity contribution in [2.24, 2.45) is 0 Å². The highest BCUT2D eigenvalue weighted by atomic mass is 127. The molecule has 0 spiro atoms. The summed E-state index contributed by atoms with van der Waals surface area (Å²) in [5.41, 5.74) is 0.999. The Bertz CT molecular complexity index is 471. The molecule has 0 aliphatic heterocycles. The third-order valence-electron chi connectivity index (χ3n) is 1.79. The van der Waals surface area contributed by atoms with E-state index in [0.717, 1.165) is 18.6 Å². The van der Waals surface area contributed by atoms with Crippen molar-refractivity contribution in [3.05, 3.63) is 8.71 Å². The number of hydrogen-bond acceptors (Lipinski definition) is 6. The molecule has 0 fully saturated rings. The molecule has 7 heteroatoms. The highest BCUT2D eigenvalue weighted by Crippen LogP contribution is 2.35. The van der Waals surface area contributed by atoms with E-state index in [1.165, 1.54) is 11.5 Å². The monoisotopic (exact) mass is 352 g/mol. The number of rotatable bonds is 1. The van der Waals surface area contributed by atoms with Crippen LogP contribution in [0.25, 0.3) is 9.88 Å². The molecule has 0 atom stereocenters. The Morgan fingerprint density at radius 1 is 1.13 bits per heavy atom. The van der Waals surface area contributed by atoms with Gasteiger partial charge in [0.15, 0.2) is 8.02 Å². The first-order valence-electron chi connectivity index (χ1n) is 4.30. The zero-order chi connectivity index (χ0) is 11.1. The Labute approximate surface area is 109 Å². The van der Waals surface area contributed by atoms with Gasteiger partial charge in [-0.1, -0.05) is 36.6 Å². The summed E-state index contributed by atoms with van der Waals surface area (Å²) in [6, 6.07) is 0. The third-order valence-corrected chi connectivity index (χ3v) is 4.26. The molecule has 0 aliphatic carbocycles. The molecule has 4 nitrogen and oxygen atoms in total. The third kappa shape index (κ3) is 2.34. The molecule has 0 aliphatic rings. The summed E-state index contributed by atoms with van der Waals surface area (Å²) >= 11 is 5.12. The van der Waals surface area contributed by atoms with Gasteiger partial charge in [0.05, 0.1) is 5.69 Å². The Hall–Kier alpha value is -0.150. The molecule has 0 bridgehead atoms. The van der Waals surface area contributed by atoms with Crippen molar-refractivity contribution in [3.63, 3.8) is 0 Å². The first-order chi connectivity index (χ1) is 6.98. The number of nitrogens with zero attached hydrogens (tertiary/aromatic N) is 4. The molecule has 2 heterocycles. The van der Waals surface area contributed by atoms with Crippen molar-refractivity contribution in [1.29, 1.82) is 0 Å². The van der Waals surface area contributed by atoms with Crippen molar-refractivity contribution in [2.75, 3.05) is 0 Å². The molecule has 0 unspecified atom stereocenters. The molecule has 0 saturated carbocycles. The second-order valence-electron chi connectivity index (χ2n) is 4.06. The Balaban J connectivity index is 2.50. The molecule has 0 aromatic carbocycles. The number of hydrogen-bond donors (Lipinski definition) is 0. The summed E-state index contributed by atoms with van der Waals surface area (Å²) in [4.78, 5) is 1.04. The number of aromatic nitrogens is 4. The minimum absolute atomic E-state index is 0.000556. The molecule has 15 heavy (non-hydrogen) atoms. The lowest BCUT2D eigenvalue weighted by atomic mass is 9.91. The van der Waals surface area contributed by atoms with Crippen molar-refractivity contribution < 1.29 is 0 Å². The fourth-order valence-electron chi connectivity index (χ4n) is 1.12. The molecule has 0 saturated heterocycles. The molecular formula is C8H9IN4S2. The molecular weight excluding hydrogens is 343 g/mol. The molecule has 2 aromatic heterocycles. The summed E-state index contributed by atoms with van der Waals surface area (Å²) in [6.45, 7) is 6.37. The van der Waals surface area contributed by atoms with E-state index >= 15 is 0 Å². The predicted molar refractivity (Wildman–Crippen MR) is 70.2 cm³/mol. The van der Waals surface area contributed by atoms with E-state index in [1.807, 2.05) is 0 Å². The van der Waals surface area contributed by atoms with Gasteiger partial charge in [0.1, 0.15) is 4.88 Å². The molecule has 2 rings (SSSR count). The Kier molecular flexibility index (Phi) is 3.04. The number of halogens is 1. The van der Waals surface area contributed by atoms with Crippen LogP contribution in [-0.4, -0.2) is 19.8 Å². The fourth-order valence-corrected chi connectivity index (χ4v) is 3.36. The highest BCUT2D eigenvalue weighted by molar-refractivity contribution is 14.1. The van der Waals surface area contributed by atoms with Gasteiger partial charge in [0, 0.05) is 5.41 Å². The molecule has 2 aromatic rings. The largest absolute Gasteiger partial charge is 0.178 e. The maximum absolute atomic E-state index is 4.18. The van der Waals surface area contributed by atoms with Gasteiger partial charge in [0.25, 0.3) is 0 Å². The molecule has 80 valence electrons. The maximum Gasteiger partial charge on any atom is 0.178 e. The SMILES string of the molecule is CC(C)(C)c1nnsc1-c1nnc(I)s1. The zero-order valence-corrected chi connectivity index (χ0v) is 12.3. The van der Waals surface area contributed by atoms with Gasteiger partial charge < -0.3 is 0 Å². The topological polar surface area (TPSA) is 51.6 Å². The van der Waals surface area contributed by atoms with Crippen molar-refractivity contribution in [1.82, 2.24) is 19.8 Å². The van der Waals surface area contributed by atoms with Gasteiger partial charge in [-0.2, -0.15) is 0 Å². The van der Waals surface area contributed by atoms with Gasteiger partial charge in [-0.15, -0.1) is 15.3 Å². The second kappa shape index (κ2) is 4.02. The lowest BCUT2D eigenvalue weighted by Crippen LogP contribution is -2.12. The van der Waals surface area contributed by atoms with Gasteiger partial charge in [-0.3, -0.25) is 0 Å². The van der Waals surface area contributed by atoms with E-state index in [-0.39, 0.29) is 5.41 Å². The summed E-state index contributed by atoms with van der Waals surface area (Å²) in [6.07, 6.45) is 0. The smallest absolute Gasteiger partial charge is 0.142 e. The van der Waals surface area contributed by atoms with Crippen LogP contribution in [0.2, 0.25) is 0 Å². The maximum atomic E-state index is 4.18. The lowest BCUT2D eigenvalue weighted by molar-refractivity contribution is 0.568. The minimum atomic E-state index is -0.000556. The minimum Gasteiger partial charge on any atom is -0.142 e. The average Bonchev–Trinajstić information content (AvgIpc) is 2.68. The highest BCUT2D eigenvalue weighted by Gasteiger charge is 2.24. The van der Waals surface area contributed by atoms with Crippen molar-refractivity contribution in [3.8, 4) is 9.88 Å². The normalized spacial score (nSPS) is 12.0.